The second-order valence-electron chi connectivity index (χ2n) is 8.82. The Bertz CT molecular complexity index is 670. The zero-order valence-corrected chi connectivity index (χ0v) is 18.5. The van der Waals surface area contributed by atoms with Crippen LogP contribution in [0.5, 0.6) is 0 Å². The summed E-state index contributed by atoms with van der Waals surface area (Å²) in [5, 5.41) is 7.84. The first-order valence-electron chi connectivity index (χ1n) is 9.98. The number of carbonyl (C=O) groups excluding carboxylic acids is 5. The Labute approximate surface area is 172 Å². The minimum atomic E-state index is -0.938. The molecule has 1 aliphatic rings. The van der Waals surface area contributed by atoms with Crippen LogP contribution in [0.25, 0.3) is 0 Å². The fraction of sp³-hybridized carbons (Fsp3) is 0.750. The van der Waals surface area contributed by atoms with Crippen LogP contribution in [0.3, 0.4) is 0 Å². The molecule has 0 aromatic carbocycles. The summed E-state index contributed by atoms with van der Waals surface area (Å²) in [5.74, 6) is -1.62. The van der Waals surface area contributed by atoms with Gasteiger partial charge in [-0.1, -0.05) is 13.8 Å². The van der Waals surface area contributed by atoms with Crippen LogP contribution in [-0.2, 0) is 24.0 Å². The van der Waals surface area contributed by atoms with E-state index in [2.05, 4.69) is 16.0 Å². The van der Waals surface area contributed by atoms with Crippen molar-refractivity contribution in [2.45, 2.75) is 85.4 Å². The topological polar surface area (TPSA) is 125 Å². The molecule has 0 aromatic rings. The van der Waals surface area contributed by atoms with Crippen molar-refractivity contribution in [1.82, 2.24) is 20.9 Å². The molecule has 0 radical (unpaired) electrons. The van der Waals surface area contributed by atoms with Crippen LogP contribution in [0, 0.1) is 5.41 Å². The third-order valence-corrected chi connectivity index (χ3v) is 4.99. The second-order valence-corrected chi connectivity index (χ2v) is 8.82. The number of likely N-dealkylation sites (N-methyl/N-ethyl adjacent to an activating group) is 1. The van der Waals surface area contributed by atoms with Gasteiger partial charge in [0.2, 0.25) is 29.5 Å². The summed E-state index contributed by atoms with van der Waals surface area (Å²) in [7, 11) is 0. The fourth-order valence-corrected chi connectivity index (χ4v) is 3.68. The third kappa shape index (κ3) is 6.27. The molecule has 0 spiro atoms. The zero-order valence-electron chi connectivity index (χ0n) is 18.5. The standard InChI is InChI=1S/C20H34N4O5/c1-8-21-16(27)12(2)22-17(28)13(3)23-18(29)19(4,5)11-20(6,7)24-14(25)9-10-15(24)26/h12-13H,8-11H2,1-7H3,(H,21,27)(H,22,28)(H,23,29)/t12-,13-/m0/s1. The predicted octanol–water partition coefficient (Wildman–Crippen LogP) is 0.476. The van der Waals surface area contributed by atoms with Crippen LogP contribution >= 0.6 is 0 Å². The Morgan fingerprint density at radius 1 is 0.931 bits per heavy atom. The molecule has 1 saturated heterocycles. The number of carbonyl (C=O) groups is 5. The normalized spacial score (nSPS) is 17.0. The molecule has 0 bridgehead atoms. The summed E-state index contributed by atoms with van der Waals surface area (Å²) in [5.41, 5.74) is -1.77. The van der Waals surface area contributed by atoms with Crippen molar-refractivity contribution >= 4 is 29.5 Å². The maximum atomic E-state index is 12.8. The van der Waals surface area contributed by atoms with Gasteiger partial charge in [0, 0.05) is 30.3 Å². The lowest BCUT2D eigenvalue weighted by Crippen LogP contribution is -2.55. The van der Waals surface area contributed by atoms with Gasteiger partial charge in [-0.3, -0.25) is 28.9 Å². The summed E-state index contributed by atoms with van der Waals surface area (Å²) >= 11 is 0. The molecule has 1 fully saturated rings. The van der Waals surface area contributed by atoms with Crippen molar-refractivity contribution < 1.29 is 24.0 Å². The smallest absolute Gasteiger partial charge is 0.242 e. The van der Waals surface area contributed by atoms with Gasteiger partial charge in [0.15, 0.2) is 0 Å². The highest BCUT2D eigenvalue weighted by Crippen LogP contribution is 2.35. The zero-order chi connectivity index (χ0) is 22.6. The average Bonchev–Trinajstić information content (AvgIpc) is 2.93. The number of rotatable bonds is 9. The summed E-state index contributed by atoms with van der Waals surface area (Å²) in [6, 6.07) is -1.57. The lowest BCUT2D eigenvalue weighted by Gasteiger charge is -2.39. The van der Waals surface area contributed by atoms with Gasteiger partial charge in [-0.05, 0) is 41.0 Å². The van der Waals surface area contributed by atoms with E-state index >= 15 is 0 Å². The van der Waals surface area contributed by atoms with E-state index in [0.717, 1.165) is 0 Å². The van der Waals surface area contributed by atoms with Crippen molar-refractivity contribution in [1.29, 1.82) is 0 Å². The van der Waals surface area contributed by atoms with Crippen molar-refractivity contribution in [2.24, 2.45) is 5.41 Å². The number of imide groups is 1. The summed E-state index contributed by atoms with van der Waals surface area (Å²) < 4.78 is 0. The maximum Gasteiger partial charge on any atom is 0.242 e. The largest absolute Gasteiger partial charge is 0.355 e. The lowest BCUT2D eigenvalue weighted by atomic mass is 9.78. The summed E-state index contributed by atoms with van der Waals surface area (Å²) in [6.45, 7) is 12.3. The average molecular weight is 411 g/mol. The molecule has 0 aliphatic carbocycles. The minimum absolute atomic E-state index is 0.190. The highest BCUT2D eigenvalue weighted by atomic mass is 16.2. The molecule has 1 heterocycles. The van der Waals surface area contributed by atoms with Crippen LogP contribution in [0.2, 0.25) is 0 Å². The van der Waals surface area contributed by atoms with Gasteiger partial charge in [0.05, 0.1) is 0 Å². The third-order valence-electron chi connectivity index (χ3n) is 4.99. The minimum Gasteiger partial charge on any atom is -0.355 e. The first-order valence-corrected chi connectivity index (χ1v) is 9.98. The lowest BCUT2D eigenvalue weighted by molar-refractivity contribution is -0.148. The van der Waals surface area contributed by atoms with Gasteiger partial charge in [-0.2, -0.15) is 0 Å². The van der Waals surface area contributed by atoms with E-state index in [1.54, 1.807) is 41.5 Å². The van der Waals surface area contributed by atoms with E-state index in [9.17, 15) is 24.0 Å². The summed E-state index contributed by atoms with van der Waals surface area (Å²) in [6.07, 6.45) is 0.624. The molecule has 164 valence electrons. The SMILES string of the molecule is CCNC(=O)[C@H](C)NC(=O)[C@H](C)NC(=O)C(C)(C)CC(C)(C)N1C(=O)CCC1=O. The van der Waals surface area contributed by atoms with Gasteiger partial charge in [-0.15, -0.1) is 0 Å². The number of nitrogens with zero attached hydrogens (tertiary/aromatic N) is 1. The Morgan fingerprint density at radius 3 is 1.90 bits per heavy atom. The number of hydrogen-bond acceptors (Lipinski definition) is 5. The number of amides is 5. The molecule has 9 nitrogen and oxygen atoms in total. The van der Waals surface area contributed by atoms with Crippen LogP contribution in [0.1, 0.15) is 67.7 Å². The van der Waals surface area contributed by atoms with Gasteiger partial charge in [0.25, 0.3) is 0 Å². The molecule has 1 aliphatic heterocycles. The summed E-state index contributed by atoms with van der Waals surface area (Å²) in [4.78, 5) is 62.2. The van der Waals surface area contributed by atoms with E-state index in [0.29, 0.717) is 6.54 Å². The van der Waals surface area contributed by atoms with E-state index < -0.39 is 28.9 Å². The molecule has 0 unspecified atom stereocenters. The van der Waals surface area contributed by atoms with E-state index in [4.69, 9.17) is 0 Å². The number of hydrogen-bond donors (Lipinski definition) is 3. The molecule has 9 heteroatoms. The Hall–Kier alpha value is -2.45. The molecule has 5 amide bonds. The van der Waals surface area contributed by atoms with Crippen LogP contribution in [-0.4, -0.2) is 58.6 Å². The van der Waals surface area contributed by atoms with Gasteiger partial charge < -0.3 is 16.0 Å². The first kappa shape index (κ1) is 24.6. The highest BCUT2D eigenvalue weighted by Gasteiger charge is 2.45. The molecule has 29 heavy (non-hydrogen) atoms. The monoisotopic (exact) mass is 410 g/mol. The molecule has 2 atom stereocenters. The fourth-order valence-electron chi connectivity index (χ4n) is 3.68. The van der Waals surface area contributed by atoms with Gasteiger partial charge in [-0.25, -0.2) is 0 Å². The number of likely N-dealkylation sites (tertiary alicyclic amines) is 1. The number of nitrogens with one attached hydrogen (secondary N) is 3. The van der Waals surface area contributed by atoms with Crippen molar-refractivity contribution in [3.8, 4) is 0 Å². The van der Waals surface area contributed by atoms with Gasteiger partial charge >= 0.3 is 0 Å². The van der Waals surface area contributed by atoms with Crippen LogP contribution < -0.4 is 16.0 Å². The predicted molar refractivity (Wildman–Crippen MR) is 107 cm³/mol. The molecule has 1 rings (SSSR count). The van der Waals surface area contributed by atoms with Crippen molar-refractivity contribution in [2.75, 3.05) is 6.54 Å². The van der Waals surface area contributed by atoms with Crippen molar-refractivity contribution in [3.63, 3.8) is 0 Å². The van der Waals surface area contributed by atoms with E-state index in [-0.39, 0.29) is 42.9 Å². The van der Waals surface area contributed by atoms with E-state index in [1.807, 2.05) is 0 Å². The quantitative estimate of drug-likeness (QED) is 0.477. The van der Waals surface area contributed by atoms with Crippen molar-refractivity contribution in [3.05, 3.63) is 0 Å². The molecular weight excluding hydrogens is 376 g/mol. The Morgan fingerprint density at radius 2 is 1.41 bits per heavy atom. The Kier molecular flexibility index (Phi) is 7.94. The van der Waals surface area contributed by atoms with E-state index in [1.165, 1.54) is 11.8 Å². The second kappa shape index (κ2) is 9.37. The highest BCUT2D eigenvalue weighted by molar-refractivity contribution is 6.02. The molecular formula is C20H34N4O5. The van der Waals surface area contributed by atoms with Gasteiger partial charge in [0.1, 0.15) is 12.1 Å². The first-order chi connectivity index (χ1) is 13.2. The van der Waals surface area contributed by atoms with Crippen LogP contribution in [0.15, 0.2) is 0 Å². The molecule has 0 aromatic heterocycles. The maximum absolute atomic E-state index is 12.8. The van der Waals surface area contributed by atoms with Crippen LogP contribution in [0.4, 0.5) is 0 Å². The molecule has 0 saturated carbocycles. The molecule has 3 N–H and O–H groups in total. The Balaban J connectivity index is 2.73.